The van der Waals surface area contributed by atoms with Crippen LogP contribution in [0, 0.1) is 0 Å². The van der Waals surface area contributed by atoms with Gasteiger partial charge in [-0.3, -0.25) is 4.79 Å². The van der Waals surface area contributed by atoms with Gasteiger partial charge in [0.15, 0.2) is 0 Å². The first kappa shape index (κ1) is 16.0. The summed E-state index contributed by atoms with van der Waals surface area (Å²) in [4.78, 5) is 23.0. The second kappa shape index (κ2) is 6.60. The third-order valence-electron chi connectivity index (χ3n) is 2.65. The topological polar surface area (TPSA) is 66.4 Å². The molecule has 7 heteroatoms. The summed E-state index contributed by atoms with van der Waals surface area (Å²) in [5, 5.41) is 12.0. The largest absolute Gasteiger partial charge is 0.478 e. The van der Waals surface area contributed by atoms with E-state index in [0.717, 1.165) is 0 Å². The standard InChI is InChI=1S/C14H8Br2ClNO3/c15-9-3-1-7(6-11(9)17)13(19)18-12-4-2-8(14(20)21)5-10(12)16/h1-6H,(H,18,19)(H,20,21). The minimum Gasteiger partial charge on any atom is -0.478 e. The molecule has 0 aliphatic rings. The van der Waals surface area contributed by atoms with Gasteiger partial charge in [-0.05, 0) is 68.3 Å². The molecular formula is C14H8Br2ClNO3. The molecule has 0 aliphatic heterocycles. The summed E-state index contributed by atoms with van der Waals surface area (Å²) in [7, 11) is 0. The molecule has 108 valence electrons. The number of rotatable bonds is 3. The van der Waals surface area contributed by atoms with E-state index in [9.17, 15) is 9.59 Å². The highest BCUT2D eigenvalue weighted by Gasteiger charge is 2.12. The molecule has 2 aromatic rings. The number of carboxylic acids is 1. The monoisotopic (exact) mass is 431 g/mol. The first-order valence-corrected chi connectivity index (χ1v) is 7.64. The molecule has 4 nitrogen and oxygen atoms in total. The van der Waals surface area contributed by atoms with Crippen LogP contribution in [0.1, 0.15) is 20.7 Å². The lowest BCUT2D eigenvalue weighted by Crippen LogP contribution is -2.12. The van der Waals surface area contributed by atoms with E-state index in [1.807, 2.05) is 0 Å². The second-order valence-corrected chi connectivity index (χ2v) is 6.20. The number of carboxylic acid groups (broad SMARTS) is 1. The average Bonchev–Trinajstić information content (AvgIpc) is 2.43. The van der Waals surface area contributed by atoms with Gasteiger partial charge >= 0.3 is 5.97 Å². The summed E-state index contributed by atoms with van der Waals surface area (Å²) in [5.41, 5.74) is 1.01. The molecule has 0 heterocycles. The van der Waals surface area contributed by atoms with Gasteiger partial charge in [0.05, 0.1) is 16.3 Å². The number of benzene rings is 2. The van der Waals surface area contributed by atoms with Crippen LogP contribution in [-0.4, -0.2) is 17.0 Å². The lowest BCUT2D eigenvalue weighted by Gasteiger charge is -2.09. The molecule has 21 heavy (non-hydrogen) atoms. The van der Waals surface area contributed by atoms with Crippen molar-refractivity contribution in [2.75, 3.05) is 5.32 Å². The maximum absolute atomic E-state index is 12.1. The van der Waals surface area contributed by atoms with Gasteiger partial charge in [-0.15, -0.1) is 0 Å². The summed E-state index contributed by atoms with van der Waals surface area (Å²) < 4.78 is 1.19. The quantitative estimate of drug-likeness (QED) is 0.730. The molecular weight excluding hydrogens is 425 g/mol. The summed E-state index contributed by atoms with van der Waals surface area (Å²) in [6, 6.07) is 9.21. The lowest BCUT2D eigenvalue weighted by molar-refractivity contribution is 0.0696. The maximum atomic E-state index is 12.1. The van der Waals surface area contributed by atoms with Crippen molar-refractivity contribution in [3.05, 3.63) is 61.5 Å². The van der Waals surface area contributed by atoms with Crippen LogP contribution < -0.4 is 5.32 Å². The Balaban J connectivity index is 2.23. The van der Waals surface area contributed by atoms with Crippen molar-refractivity contribution in [2.24, 2.45) is 0 Å². The van der Waals surface area contributed by atoms with Gasteiger partial charge in [-0.2, -0.15) is 0 Å². The van der Waals surface area contributed by atoms with Gasteiger partial charge in [0.1, 0.15) is 0 Å². The van der Waals surface area contributed by atoms with E-state index in [1.54, 1.807) is 18.2 Å². The first-order chi connectivity index (χ1) is 9.88. The van der Waals surface area contributed by atoms with Crippen LogP contribution >= 0.6 is 43.5 Å². The number of anilines is 1. The van der Waals surface area contributed by atoms with Crippen molar-refractivity contribution in [3.63, 3.8) is 0 Å². The molecule has 2 rings (SSSR count). The Bertz CT molecular complexity index is 734. The zero-order valence-corrected chi connectivity index (χ0v) is 14.3. The number of carbonyl (C=O) groups excluding carboxylic acids is 1. The number of halogens is 3. The van der Waals surface area contributed by atoms with E-state index < -0.39 is 5.97 Å². The van der Waals surface area contributed by atoms with Gasteiger partial charge in [0.25, 0.3) is 5.91 Å². The van der Waals surface area contributed by atoms with Gasteiger partial charge in [-0.25, -0.2) is 4.79 Å². The molecule has 0 bridgehead atoms. The van der Waals surface area contributed by atoms with Crippen molar-refractivity contribution < 1.29 is 14.7 Å². The smallest absolute Gasteiger partial charge is 0.335 e. The highest BCUT2D eigenvalue weighted by molar-refractivity contribution is 9.11. The van der Waals surface area contributed by atoms with Gasteiger partial charge in [0.2, 0.25) is 0 Å². The number of hydrogen-bond acceptors (Lipinski definition) is 2. The Labute approximate surface area is 142 Å². The summed E-state index contributed by atoms with van der Waals surface area (Å²) >= 11 is 12.4. The molecule has 0 saturated heterocycles. The fourth-order valence-electron chi connectivity index (χ4n) is 1.58. The zero-order chi connectivity index (χ0) is 15.6. The molecule has 2 aromatic carbocycles. The number of nitrogens with one attached hydrogen (secondary N) is 1. The highest BCUT2D eigenvalue weighted by atomic mass is 79.9. The van der Waals surface area contributed by atoms with Crippen LogP contribution in [0.5, 0.6) is 0 Å². The normalized spacial score (nSPS) is 10.2. The van der Waals surface area contributed by atoms with Gasteiger partial charge in [0, 0.05) is 14.5 Å². The molecule has 0 fully saturated rings. The number of aromatic carboxylic acids is 1. The Morgan fingerprint density at radius 3 is 2.24 bits per heavy atom. The van der Waals surface area contributed by atoms with Crippen molar-refractivity contribution in [1.82, 2.24) is 0 Å². The predicted molar refractivity (Wildman–Crippen MR) is 88.2 cm³/mol. The molecule has 0 radical (unpaired) electrons. The Morgan fingerprint density at radius 2 is 1.67 bits per heavy atom. The van der Waals surface area contributed by atoms with Crippen LogP contribution in [0.2, 0.25) is 5.02 Å². The molecule has 1 amide bonds. The van der Waals surface area contributed by atoms with Crippen LogP contribution in [-0.2, 0) is 0 Å². The molecule has 0 aromatic heterocycles. The molecule has 2 N–H and O–H groups in total. The Kier molecular flexibility index (Phi) is 5.03. The van der Waals surface area contributed by atoms with Crippen LogP contribution in [0.4, 0.5) is 5.69 Å². The van der Waals surface area contributed by atoms with Crippen molar-refractivity contribution in [1.29, 1.82) is 0 Å². The van der Waals surface area contributed by atoms with E-state index in [1.165, 1.54) is 18.2 Å². The minimum absolute atomic E-state index is 0.131. The van der Waals surface area contributed by atoms with E-state index in [-0.39, 0.29) is 11.5 Å². The Hall–Kier alpha value is -1.37. The molecule has 0 aliphatic carbocycles. The van der Waals surface area contributed by atoms with E-state index in [2.05, 4.69) is 37.2 Å². The minimum atomic E-state index is -1.03. The van der Waals surface area contributed by atoms with E-state index in [4.69, 9.17) is 16.7 Å². The van der Waals surface area contributed by atoms with Crippen molar-refractivity contribution in [3.8, 4) is 0 Å². The third kappa shape index (κ3) is 3.84. The lowest BCUT2D eigenvalue weighted by atomic mass is 10.2. The number of carbonyl (C=O) groups is 2. The van der Waals surface area contributed by atoms with Crippen molar-refractivity contribution >= 4 is 61.0 Å². The predicted octanol–water partition coefficient (Wildman–Crippen LogP) is 4.82. The molecule has 0 spiro atoms. The average molecular weight is 433 g/mol. The van der Waals surface area contributed by atoms with E-state index in [0.29, 0.717) is 25.2 Å². The molecule has 0 unspecified atom stereocenters. The number of hydrogen-bond donors (Lipinski definition) is 2. The van der Waals surface area contributed by atoms with Crippen LogP contribution in [0.3, 0.4) is 0 Å². The molecule has 0 atom stereocenters. The Morgan fingerprint density at radius 1 is 1.00 bits per heavy atom. The zero-order valence-electron chi connectivity index (χ0n) is 10.4. The fourth-order valence-corrected chi connectivity index (χ4v) is 2.49. The second-order valence-electron chi connectivity index (χ2n) is 4.08. The van der Waals surface area contributed by atoms with Crippen LogP contribution in [0.25, 0.3) is 0 Å². The fraction of sp³-hybridized carbons (Fsp3) is 0. The van der Waals surface area contributed by atoms with Gasteiger partial charge < -0.3 is 10.4 Å². The number of amides is 1. The summed E-state index contributed by atoms with van der Waals surface area (Å²) in [6.45, 7) is 0. The van der Waals surface area contributed by atoms with Crippen LogP contribution in [0.15, 0.2) is 45.3 Å². The SMILES string of the molecule is O=C(O)c1ccc(NC(=O)c2ccc(Br)c(Cl)c2)c(Br)c1. The first-order valence-electron chi connectivity index (χ1n) is 5.67. The third-order valence-corrected chi connectivity index (χ3v) is 4.53. The van der Waals surface area contributed by atoms with Gasteiger partial charge in [-0.1, -0.05) is 11.6 Å². The summed E-state index contributed by atoms with van der Waals surface area (Å²) in [6.07, 6.45) is 0. The van der Waals surface area contributed by atoms with Crippen molar-refractivity contribution in [2.45, 2.75) is 0 Å². The maximum Gasteiger partial charge on any atom is 0.335 e. The highest BCUT2D eigenvalue weighted by Crippen LogP contribution is 2.26. The summed E-state index contributed by atoms with van der Waals surface area (Å²) in [5.74, 6) is -1.37. The van der Waals surface area contributed by atoms with E-state index >= 15 is 0 Å². The molecule has 0 saturated carbocycles.